The van der Waals surface area contributed by atoms with Gasteiger partial charge in [-0.25, -0.2) is 10.3 Å². The predicted octanol–water partition coefficient (Wildman–Crippen LogP) is 5.39. The number of alkyl halides is 3. The van der Waals surface area contributed by atoms with Crippen molar-refractivity contribution in [3.05, 3.63) is 101 Å². The van der Waals surface area contributed by atoms with Crippen LogP contribution in [0, 0.1) is 6.92 Å². The van der Waals surface area contributed by atoms with Crippen LogP contribution in [0.25, 0.3) is 10.9 Å². The number of carbonyl (C=O) groups excluding carboxylic acids is 3. The number of aromatic nitrogens is 1. The number of ether oxygens (including phenoxy) is 3. The van der Waals surface area contributed by atoms with Crippen molar-refractivity contribution in [2.24, 2.45) is 0 Å². The van der Waals surface area contributed by atoms with Crippen molar-refractivity contribution in [3.63, 3.8) is 0 Å². The van der Waals surface area contributed by atoms with Crippen LogP contribution in [0.3, 0.4) is 0 Å². The number of aryl methyl sites for hydroxylation is 1. The van der Waals surface area contributed by atoms with Crippen LogP contribution < -0.4 is 15.0 Å². The molecule has 11 nitrogen and oxygen atoms in total. The number of amides is 2. The van der Waals surface area contributed by atoms with Crippen LogP contribution in [0.15, 0.2) is 78.9 Å². The van der Waals surface area contributed by atoms with Gasteiger partial charge in [-0.2, -0.15) is 18.2 Å². The lowest BCUT2D eigenvalue weighted by Crippen LogP contribution is -2.56. The van der Waals surface area contributed by atoms with Crippen molar-refractivity contribution in [1.29, 1.82) is 0 Å². The van der Waals surface area contributed by atoms with E-state index >= 15 is 0 Å². The first-order chi connectivity index (χ1) is 22.4. The topological polar surface area (TPSA) is 137 Å². The molecule has 14 heteroatoms. The van der Waals surface area contributed by atoms with Crippen LogP contribution in [-0.2, 0) is 25.8 Å². The van der Waals surface area contributed by atoms with Crippen LogP contribution in [0.2, 0.25) is 0 Å². The number of benzene rings is 3. The Morgan fingerprint density at radius 2 is 1.72 bits per heavy atom. The molecule has 246 valence electrons. The summed E-state index contributed by atoms with van der Waals surface area (Å²) in [6, 6.07) is 21.5. The van der Waals surface area contributed by atoms with Crippen LogP contribution in [0.1, 0.15) is 46.1 Å². The highest BCUT2D eigenvalue weighted by atomic mass is 19.4. The molecule has 5 rings (SSSR count). The van der Waals surface area contributed by atoms with E-state index in [-0.39, 0.29) is 23.7 Å². The number of halogens is 3. The Kier molecular flexibility index (Phi) is 9.63. The zero-order chi connectivity index (χ0) is 33.8. The molecule has 2 atom stereocenters. The second-order valence-corrected chi connectivity index (χ2v) is 10.9. The maximum atomic E-state index is 13.8. The van der Waals surface area contributed by atoms with E-state index in [1.54, 1.807) is 24.3 Å². The minimum Gasteiger partial charge on any atom is -0.497 e. The zero-order valence-electron chi connectivity index (χ0n) is 25.2. The van der Waals surface area contributed by atoms with Gasteiger partial charge in [0.05, 0.1) is 31.8 Å². The zero-order valence-corrected chi connectivity index (χ0v) is 25.2. The van der Waals surface area contributed by atoms with Gasteiger partial charge in [0.25, 0.3) is 5.91 Å². The van der Waals surface area contributed by atoms with Crippen molar-refractivity contribution < 1.29 is 51.8 Å². The summed E-state index contributed by atoms with van der Waals surface area (Å²) in [5.41, 5.74) is 2.34. The minimum atomic E-state index is -5.47. The SMILES string of the molecule is COc1ccc(C2CC(CC(=O)NO)(N(OC(=O)C(F)(F)F)C(=O)c3ccc(OCc4cc(C)nc5ccccc45)cc3)CO2)cc1. The molecule has 0 radical (unpaired) electrons. The Labute approximate surface area is 266 Å². The summed E-state index contributed by atoms with van der Waals surface area (Å²) in [7, 11) is 1.47. The van der Waals surface area contributed by atoms with E-state index in [2.05, 4.69) is 4.98 Å². The molecule has 4 aromatic rings. The van der Waals surface area contributed by atoms with Crippen LogP contribution in [0.4, 0.5) is 13.2 Å². The standard InChI is InChI=1S/C33H30F3N3O8/c1-20-15-23(26-5-3-4-6-27(26)37-20)18-45-25-13-9-22(10-14-25)30(41)39(47-31(42)33(34,35)36)32(17-29(40)38-43)16-28(46-19-32)21-7-11-24(44-2)12-8-21/h3-15,28,43H,16-19H2,1-2H3,(H,38,40). The lowest BCUT2D eigenvalue weighted by molar-refractivity contribution is -0.244. The smallest absolute Gasteiger partial charge is 0.493 e. The fraction of sp³-hybridized carbons (Fsp3) is 0.273. The van der Waals surface area contributed by atoms with E-state index in [0.717, 1.165) is 22.2 Å². The maximum absolute atomic E-state index is 13.8. The van der Waals surface area contributed by atoms with Gasteiger partial charge < -0.3 is 19.0 Å². The molecule has 2 N–H and O–H groups in total. The average molecular weight is 654 g/mol. The van der Waals surface area contributed by atoms with Gasteiger partial charge in [0.15, 0.2) is 0 Å². The van der Waals surface area contributed by atoms with E-state index in [1.165, 1.54) is 36.9 Å². The number of rotatable bonds is 9. The molecular weight excluding hydrogens is 623 g/mol. The van der Waals surface area contributed by atoms with Crippen molar-refractivity contribution >= 4 is 28.7 Å². The second kappa shape index (κ2) is 13.6. The van der Waals surface area contributed by atoms with Crippen molar-refractivity contribution in [3.8, 4) is 11.5 Å². The first kappa shape index (κ1) is 33.2. The van der Waals surface area contributed by atoms with Gasteiger partial charge >= 0.3 is 12.1 Å². The Hall–Kier alpha value is -5.21. The summed E-state index contributed by atoms with van der Waals surface area (Å²) in [5, 5.41) is 10.4. The molecule has 47 heavy (non-hydrogen) atoms. The van der Waals surface area contributed by atoms with E-state index in [9.17, 15) is 32.8 Å². The first-order valence-corrected chi connectivity index (χ1v) is 14.3. The average Bonchev–Trinajstić information content (AvgIpc) is 3.49. The molecule has 2 unspecified atom stereocenters. The van der Waals surface area contributed by atoms with E-state index < -0.39 is 48.6 Å². The molecule has 0 aliphatic carbocycles. The predicted molar refractivity (Wildman–Crippen MR) is 159 cm³/mol. The van der Waals surface area contributed by atoms with Crippen LogP contribution >= 0.6 is 0 Å². The number of methoxy groups -OCH3 is 1. The van der Waals surface area contributed by atoms with Crippen molar-refractivity contribution in [1.82, 2.24) is 15.5 Å². The van der Waals surface area contributed by atoms with Crippen molar-refractivity contribution in [2.45, 2.75) is 44.2 Å². The van der Waals surface area contributed by atoms with Gasteiger partial charge in [-0.3, -0.25) is 19.8 Å². The van der Waals surface area contributed by atoms with E-state index in [1.807, 2.05) is 37.3 Å². The highest BCUT2D eigenvalue weighted by Crippen LogP contribution is 2.43. The number of carbonyl (C=O) groups is 3. The van der Waals surface area contributed by atoms with Gasteiger partial charge in [-0.1, -0.05) is 30.3 Å². The minimum absolute atomic E-state index is 0.163. The first-order valence-electron chi connectivity index (χ1n) is 14.3. The van der Waals surface area contributed by atoms with Crippen LogP contribution in [-0.4, -0.2) is 58.5 Å². The lowest BCUT2D eigenvalue weighted by Gasteiger charge is -2.37. The summed E-state index contributed by atoms with van der Waals surface area (Å²) in [5.74, 6) is -4.01. The third-order valence-corrected chi connectivity index (χ3v) is 7.67. The molecule has 1 aliphatic heterocycles. The fourth-order valence-electron chi connectivity index (χ4n) is 5.40. The Bertz CT molecular complexity index is 1770. The Balaban J connectivity index is 1.42. The van der Waals surface area contributed by atoms with Gasteiger partial charge in [-0.15, -0.1) is 0 Å². The summed E-state index contributed by atoms with van der Waals surface area (Å²) < 4.78 is 57.2. The molecular formula is C33H30F3N3O8. The number of pyridine rings is 1. The highest BCUT2D eigenvalue weighted by molar-refractivity contribution is 5.95. The molecule has 1 fully saturated rings. The number of hydroxylamine groups is 3. The Morgan fingerprint density at radius 1 is 1.04 bits per heavy atom. The van der Waals surface area contributed by atoms with Gasteiger partial charge in [0, 0.05) is 28.6 Å². The lowest BCUT2D eigenvalue weighted by atomic mass is 9.88. The fourth-order valence-corrected chi connectivity index (χ4v) is 5.40. The highest BCUT2D eigenvalue weighted by Gasteiger charge is 2.54. The Morgan fingerprint density at radius 3 is 2.38 bits per heavy atom. The largest absolute Gasteiger partial charge is 0.497 e. The molecule has 1 aliphatic rings. The molecule has 1 saturated heterocycles. The van der Waals surface area contributed by atoms with Gasteiger partial charge in [0.2, 0.25) is 5.91 Å². The summed E-state index contributed by atoms with van der Waals surface area (Å²) in [4.78, 5) is 47.6. The third-order valence-electron chi connectivity index (χ3n) is 7.67. The molecule has 2 amide bonds. The summed E-state index contributed by atoms with van der Waals surface area (Å²) in [6.07, 6.45) is -7.31. The number of nitrogens with zero attached hydrogens (tertiary/aromatic N) is 2. The second-order valence-electron chi connectivity index (χ2n) is 10.9. The number of fused-ring (bicyclic) bond motifs is 1. The monoisotopic (exact) mass is 653 g/mol. The quantitative estimate of drug-likeness (QED) is 0.180. The number of hydrogen-bond donors (Lipinski definition) is 2. The maximum Gasteiger partial charge on any atom is 0.493 e. The number of para-hydroxylation sites is 1. The molecule has 2 heterocycles. The van der Waals surface area contributed by atoms with Gasteiger partial charge in [-0.05, 0) is 61.0 Å². The molecule has 0 spiro atoms. The normalized spacial score (nSPS) is 17.6. The van der Waals surface area contributed by atoms with Crippen LogP contribution in [0.5, 0.6) is 11.5 Å². The van der Waals surface area contributed by atoms with Crippen molar-refractivity contribution in [2.75, 3.05) is 13.7 Å². The van der Waals surface area contributed by atoms with E-state index in [4.69, 9.17) is 19.0 Å². The van der Waals surface area contributed by atoms with Gasteiger partial charge in [0.1, 0.15) is 23.6 Å². The molecule has 1 aromatic heterocycles. The molecule has 3 aromatic carbocycles. The number of nitrogens with one attached hydrogen (secondary N) is 1. The van der Waals surface area contributed by atoms with E-state index in [0.29, 0.717) is 17.1 Å². The number of hydrogen-bond acceptors (Lipinski definition) is 9. The summed E-state index contributed by atoms with van der Waals surface area (Å²) in [6.45, 7) is 1.52. The molecule has 0 bridgehead atoms. The molecule has 0 saturated carbocycles. The third kappa shape index (κ3) is 7.45. The summed E-state index contributed by atoms with van der Waals surface area (Å²) >= 11 is 0.